The van der Waals surface area contributed by atoms with E-state index in [1.54, 1.807) is 12.1 Å². The largest absolute Gasteiger partial charge is 0.465 e. The highest BCUT2D eigenvalue weighted by Crippen LogP contribution is 2.28. The number of methoxy groups -OCH3 is 1. The van der Waals surface area contributed by atoms with Crippen molar-refractivity contribution in [2.75, 3.05) is 7.11 Å². The third kappa shape index (κ3) is 2.40. The number of hydrogen-bond donors (Lipinski definition) is 0. The molecule has 0 aromatic heterocycles. The summed E-state index contributed by atoms with van der Waals surface area (Å²) in [6.45, 7) is 0. The van der Waals surface area contributed by atoms with Crippen molar-refractivity contribution >= 4 is 24.2 Å². The van der Waals surface area contributed by atoms with Crippen molar-refractivity contribution < 1.29 is 28.7 Å². The zero-order chi connectivity index (χ0) is 16.6. The van der Waals surface area contributed by atoms with Gasteiger partial charge in [-0.15, -0.1) is 0 Å². The lowest BCUT2D eigenvalue weighted by atomic mass is 9.97. The van der Waals surface area contributed by atoms with Gasteiger partial charge in [0, 0.05) is 5.56 Å². The van der Waals surface area contributed by atoms with Gasteiger partial charge in [0.1, 0.15) is 0 Å². The molecule has 6 nitrogen and oxygen atoms in total. The predicted molar refractivity (Wildman–Crippen MR) is 78.4 cm³/mol. The summed E-state index contributed by atoms with van der Waals surface area (Å²) in [7, 11) is 1.22. The first-order valence-corrected chi connectivity index (χ1v) is 6.63. The first-order chi connectivity index (χ1) is 11.0. The van der Waals surface area contributed by atoms with Crippen LogP contribution < -0.4 is 0 Å². The number of aldehydes is 1. The Kier molecular flexibility index (Phi) is 3.50. The molecular weight excluding hydrogens is 300 g/mol. The molecule has 2 aromatic carbocycles. The van der Waals surface area contributed by atoms with Crippen molar-refractivity contribution in [1.29, 1.82) is 0 Å². The molecule has 0 aliphatic carbocycles. The molecule has 3 rings (SSSR count). The highest BCUT2D eigenvalue weighted by atomic mass is 16.6. The van der Waals surface area contributed by atoms with Crippen molar-refractivity contribution in [3.05, 3.63) is 58.7 Å². The van der Waals surface area contributed by atoms with E-state index < -0.39 is 17.9 Å². The number of carbonyl (C=O) groups is 4. The monoisotopic (exact) mass is 310 g/mol. The van der Waals surface area contributed by atoms with Gasteiger partial charge >= 0.3 is 17.9 Å². The van der Waals surface area contributed by atoms with Crippen LogP contribution in [0.4, 0.5) is 0 Å². The fourth-order valence-electron chi connectivity index (χ4n) is 2.39. The molecule has 1 aliphatic heterocycles. The lowest BCUT2D eigenvalue weighted by molar-refractivity contribution is 0.0442. The van der Waals surface area contributed by atoms with Crippen LogP contribution in [0.15, 0.2) is 36.4 Å². The van der Waals surface area contributed by atoms with Crippen LogP contribution in [-0.4, -0.2) is 31.3 Å². The maximum Gasteiger partial charge on any atom is 0.346 e. The van der Waals surface area contributed by atoms with Gasteiger partial charge in [-0.3, -0.25) is 4.79 Å². The van der Waals surface area contributed by atoms with Gasteiger partial charge < -0.3 is 9.47 Å². The van der Waals surface area contributed by atoms with Gasteiger partial charge in [0.25, 0.3) is 0 Å². The van der Waals surface area contributed by atoms with E-state index in [-0.39, 0.29) is 22.3 Å². The van der Waals surface area contributed by atoms with E-state index in [0.29, 0.717) is 17.4 Å². The average Bonchev–Trinajstić information content (AvgIpc) is 2.87. The molecule has 0 N–H and O–H groups in total. The first-order valence-electron chi connectivity index (χ1n) is 6.63. The van der Waals surface area contributed by atoms with Gasteiger partial charge in [0.2, 0.25) is 0 Å². The topological polar surface area (TPSA) is 86.7 Å². The minimum absolute atomic E-state index is 0.124. The Bertz CT molecular complexity index is 865. The van der Waals surface area contributed by atoms with Crippen LogP contribution in [-0.2, 0) is 9.47 Å². The van der Waals surface area contributed by atoms with Crippen LogP contribution in [0, 0.1) is 0 Å². The molecule has 1 heterocycles. The van der Waals surface area contributed by atoms with Crippen LogP contribution in [0.25, 0.3) is 11.1 Å². The highest BCUT2D eigenvalue weighted by Gasteiger charge is 2.29. The summed E-state index contributed by atoms with van der Waals surface area (Å²) in [5.74, 6) is -2.02. The Morgan fingerprint density at radius 1 is 1.00 bits per heavy atom. The summed E-state index contributed by atoms with van der Waals surface area (Å²) in [4.78, 5) is 45.8. The SMILES string of the molecule is COC(=O)c1cc(-c2ccc3c(c2)C(=O)OC3=O)ccc1C=O. The Morgan fingerprint density at radius 3 is 2.35 bits per heavy atom. The molecule has 0 unspecified atom stereocenters. The molecule has 0 fully saturated rings. The van der Waals surface area contributed by atoms with Crippen LogP contribution in [0.1, 0.15) is 41.4 Å². The predicted octanol–water partition coefficient (Wildman–Crippen LogP) is 2.26. The first kappa shape index (κ1) is 14.6. The maximum absolute atomic E-state index is 11.8. The Labute approximate surface area is 130 Å². The summed E-state index contributed by atoms with van der Waals surface area (Å²) < 4.78 is 9.20. The maximum atomic E-state index is 11.8. The number of rotatable bonds is 3. The molecule has 114 valence electrons. The summed E-state index contributed by atoms with van der Waals surface area (Å²) >= 11 is 0. The van der Waals surface area contributed by atoms with Gasteiger partial charge in [-0.1, -0.05) is 18.2 Å². The Hall–Kier alpha value is -3.28. The minimum atomic E-state index is -0.704. The Morgan fingerprint density at radius 2 is 1.65 bits per heavy atom. The van der Waals surface area contributed by atoms with Crippen molar-refractivity contribution in [2.24, 2.45) is 0 Å². The normalized spacial score (nSPS) is 12.6. The minimum Gasteiger partial charge on any atom is -0.465 e. The van der Waals surface area contributed by atoms with Crippen LogP contribution in [0.2, 0.25) is 0 Å². The van der Waals surface area contributed by atoms with Crippen molar-refractivity contribution in [2.45, 2.75) is 0 Å². The van der Waals surface area contributed by atoms with Gasteiger partial charge in [-0.25, -0.2) is 14.4 Å². The van der Waals surface area contributed by atoms with Crippen molar-refractivity contribution in [1.82, 2.24) is 0 Å². The summed E-state index contributed by atoms with van der Waals surface area (Å²) in [5.41, 5.74) is 1.92. The number of hydrogen-bond acceptors (Lipinski definition) is 6. The van der Waals surface area contributed by atoms with Gasteiger partial charge in [0.05, 0.1) is 23.8 Å². The Balaban J connectivity index is 2.11. The van der Waals surface area contributed by atoms with Crippen molar-refractivity contribution in [3.63, 3.8) is 0 Å². The number of ether oxygens (including phenoxy) is 2. The molecule has 0 amide bonds. The fraction of sp³-hybridized carbons (Fsp3) is 0.0588. The van der Waals surface area contributed by atoms with Gasteiger partial charge in [-0.05, 0) is 29.3 Å². The second-order valence-electron chi connectivity index (χ2n) is 4.85. The van der Waals surface area contributed by atoms with E-state index in [4.69, 9.17) is 0 Å². The van der Waals surface area contributed by atoms with E-state index in [1.807, 2.05) is 0 Å². The quantitative estimate of drug-likeness (QED) is 0.491. The number of benzene rings is 2. The third-order valence-electron chi connectivity index (χ3n) is 3.56. The molecule has 0 bridgehead atoms. The molecule has 23 heavy (non-hydrogen) atoms. The molecule has 0 spiro atoms. The molecule has 6 heteroatoms. The molecule has 0 saturated carbocycles. The van der Waals surface area contributed by atoms with E-state index in [0.717, 1.165) is 0 Å². The number of cyclic esters (lactones) is 2. The molecule has 1 aliphatic rings. The average molecular weight is 310 g/mol. The second-order valence-corrected chi connectivity index (χ2v) is 4.85. The highest BCUT2D eigenvalue weighted by molar-refractivity contribution is 6.15. The van der Waals surface area contributed by atoms with E-state index in [9.17, 15) is 19.2 Å². The van der Waals surface area contributed by atoms with E-state index in [2.05, 4.69) is 9.47 Å². The number of fused-ring (bicyclic) bond motifs is 1. The molecule has 0 radical (unpaired) electrons. The zero-order valence-electron chi connectivity index (χ0n) is 12.0. The van der Waals surface area contributed by atoms with Crippen LogP contribution >= 0.6 is 0 Å². The molecule has 0 atom stereocenters. The second kappa shape index (κ2) is 5.49. The molecule has 0 saturated heterocycles. The number of esters is 3. The standard InChI is InChI=1S/C17H10O6/c1-22-15(19)13-6-9(2-3-11(13)8-18)10-4-5-12-14(7-10)17(21)23-16(12)20/h2-8H,1H3. The summed E-state index contributed by atoms with van der Waals surface area (Å²) in [5, 5.41) is 0. The van der Waals surface area contributed by atoms with Crippen molar-refractivity contribution in [3.8, 4) is 11.1 Å². The lowest BCUT2D eigenvalue weighted by Crippen LogP contribution is -2.05. The number of carbonyl (C=O) groups excluding carboxylic acids is 4. The van der Waals surface area contributed by atoms with Gasteiger partial charge in [0.15, 0.2) is 6.29 Å². The third-order valence-corrected chi connectivity index (χ3v) is 3.56. The smallest absolute Gasteiger partial charge is 0.346 e. The summed E-state index contributed by atoms with van der Waals surface area (Å²) in [6.07, 6.45) is 0.564. The molecular formula is C17H10O6. The molecule has 2 aromatic rings. The lowest BCUT2D eigenvalue weighted by Gasteiger charge is -2.07. The van der Waals surface area contributed by atoms with E-state index >= 15 is 0 Å². The van der Waals surface area contributed by atoms with Crippen LogP contribution in [0.5, 0.6) is 0 Å². The van der Waals surface area contributed by atoms with Crippen LogP contribution in [0.3, 0.4) is 0 Å². The summed E-state index contributed by atoms with van der Waals surface area (Å²) in [6, 6.07) is 9.27. The van der Waals surface area contributed by atoms with E-state index in [1.165, 1.54) is 31.4 Å². The zero-order valence-corrected chi connectivity index (χ0v) is 12.0. The fourth-order valence-corrected chi connectivity index (χ4v) is 2.39. The van der Waals surface area contributed by atoms with Gasteiger partial charge in [-0.2, -0.15) is 0 Å².